The Balaban J connectivity index is 1.54. The lowest BCUT2D eigenvalue weighted by molar-refractivity contribution is -0.124. The third kappa shape index (κ3) is 2.89. The van der Waals surface area contributed by atoms with Crippen molar-refractivity contribution < 1.29 is 4.79 Å². The van der Waals surface area contributed by atoms with E-state index in [0.29, 0.717) is 11.7 Å². The molecule has 1 aliphatic carbocycles. The van der Waals surface area contributed by atoms with E-state index in [2.05, 4.69) is 11.8 Å². The summed E-state index contributed by atoms with van der Waals surface area (Å²) in [4.78, 5) is 12.4. The Labute approximate surface area is 109 Å². The molecule has 0 aromatic heterocycles. The molecule has 3 rings (SSSR count). The fraction of sp³-hybridized carbons (Fsp3) is 0.933. The lowest BCUT2D eigenvalue weighted by Crippen LogP contribution is -2.33. The molecule has 96 valence electrons. The summed E-state index contributed by atoms with van der Waals surface area (Å²) in [6.45, 7) is 0. The van der Waals surface area contributed by atoms with Crippen molar-refractivity contribution in [1.82, 2.24) is 0 Å². The molecule has 2 heterocycles. The molecule has 1 nitrogen and oxygen atoms in total. The van der Waals surface area contributed by atoms with E-state index in [-0.39, 0.29) is 0 Å². The summed E-state index contributed by atoms with van der Waals surface area (Å²) in [6.07, 6.45) is 12.8. The average Bonchev–Trinajstić information content (AvgIpc) is 2.81. The van der Waals surface area contributed by atoms with Crippen LogP contribution in [-0.2, 0) is 4.79 Å². The van der Waals surface area contributed by atoms with Crippen LogP contribution in [-0.4, -0.2) is 16.3 Å². The van der Waals surface area contributed by atoms with Crippen LogP contribution in [0.3, 0.4) is 0 Å². The van der Waals surface area contributed by atoms with Crippen molar-refractivity contribution in [3.63, 3.8) is 0 Å². The predicted molar refractivity (Wildman–Crippen MR) is 73.3 cm³/mol. The van der Waals surface area contributed by atoms with E-state index in [0.717, 1.165) is 22.8 Å². The van der Waals surface area contributed by atoms with Crippen molar-refractivity contribution in [3.05, 3.63) is 0 Å². The molecule has 0 radical (unpaired) electrons. The van der Waals surface area contributed by atoms with Gasteiger partial charge in [0.2, 0.25) is 0 Å². The summed E-state index contributed by atoms with van der Waals surface area (Å²) in [5.41, 5.74) is 0. The van der Waals surface area contributed by atoms with Crippen LogP contribution < -0.4 is 0 Å². The minimum Gasteiger partial charge on any atom is -0.299 e. The summed E-state index contributed by atoms with van der Waals surface area (Å²) in [7, 11) is 0. The Hall–Kier alpha value is 0.0200. The number of fused-ring (bicyclic) bond motifs is 2. The summed E-state index contributed by atoms with van der Waals surface area (Å²) in [5.74, 6) is 1.80. The third-order valence-corrected chi connectivity index (χ3v) is 6.58. The second kappa shape index (κ2) is 5.34. The summed E-state index contributed by atoms with van der Waals surface area (Å²) in [6, 6.07) is 0. The molecule has 0 amide bonds. The first-order valence-electron chi connectivity index (χ1n) is 7.49. The Kier molecular flexibility index (Phi) is 3.79. The van der Waals surface area contributed by atoms with Crippen LogP contribution in [0.25, 0.3) is 0 Å². The van der Waals surface area contributed by atoms with E-state index in [1.807, 2.05) is 0 Å². The molecule has 0 aromatic rings. The van der Waals surface area contributed by atoms with Gasteiger partial charge < -0.3 is 0 Å². The molecule has 2 unspecified atom stereocenters. The number of hydrogen-bond donors (Lipinski definition) is 0. The highest BCUT2D eigenvalue weighted by Crippen LogP contribution is 2.44. The minimum atomic E-state index is 0.437. The maximum atomic E-state index is 12.4. The summed E-state index contributed by atoms with van der Waals surface area (Å²) in [5, 5.41) is 1.64. The van der Waals surface area contributed by atoms with Gasteiger partial charge in [-0.05, 0) is 31.6 Å². The zero-order valence-electron chi connectivity index (χ0n) is 10.7. The van der Waals surface area contributed by atoms with Gasteiger partial charge in [0.25, 0.3) is 0 Å². The van der Waals surface area contributed by atoms with Gasteiger partial charge in [0.05, 0.1) is 0 Å². The first-order chi connectivity index (χ1) is 8.31. The van der Waals surface area contributed by atoms with Crippen LogP contribution in [0.15, 0.2) is 0 Å². The highest BCUT2D eigenvalue weighted by Gasteiger charge is 2.36. The molecule has 0 spiro atoms. The van der Waals surface area contributed by atoms with Gasteiger partial charge in [-0.1, -0.05) is 32.1 Å². The molecule has 0 N–H and O–H groups in total. The second-order valence-electron chi connectivity index (χ2n) is 6.30. The van der Waals surface area contributed by atoms with E-state index < -0.39 is 0 Å². The monoisotopic (exact) mass is 252 g/mol. The van der Waals surface area contributed by atoms with Crippen molar-refractivity contribution in [2.24, 2.45) is 11.8 Å². The fourth-order valence-electron chi connectivity index (χ4n) is 3.99. The molecular weight excluding hydrogens is 228 g/mol. The topological polar surface area (TPSA) is 17.1 Å². The number of Topliss-reactive ketones (excluding diaryl/α,β-unsaturated/α-hetero) is 1. The quantitative estimate of drug-likeness (QED) is 0.749. The highest BCUT2D eigenvalue weighted by atomic mass is 32.2. The smallest absolute Gasteiger partial charge is 0.136 e. The molecular formula is C15H24OS. The maximum absolute atomic E-state index is 12.4. The third-order valence-electron chi connectivity index (χ3n) is 4.95. The Bertz CT molecular complexity index is 271. The molecule has 2 aliphatic heterocycles. The molecule has 1 saturated carbocycles. The van der Waals surface area contributed by atoms with Crippen molar-refractivity contribution in [2.45, 2.75) is 74.7 Å². The van der Waals surface area contributed by atoms with Crippen LogP contribution >= 0.6 is 11.8 Å². The Morgan fingerprint density at radius 3 is 2.24 bits per heavy atom. The van der Waals surface area contributed by atoms with Gasteiger partial charge in [0.1, 0.15) is 5.78 Å². The van der Waals surface area contributed by atoms with Gasteiger partial charge in [-0.2, -0.15) is 11.8 Å². The zero-order chi connectivity index (χ0) is 11.7. The van der Waals surface area contributed by atoms with Gasteiger partial charge >= 0.3 is 0 Å². The minimum absolute atomic E-state index is 0.437. The summed E-state index contributed by atoms with van der Waals surface area (Å²) >= 11 is 2.18. The lowest BCUT2D eigenvalue weighted by atomic mass is 9.83. The van der Waals surface area contributed by atoms with Gasteiger partial charge in [-0.25, -0.2) is 0 Å². The fourth-order valence-corrected chi connectivity index (χ4v) is 5.82. The van der Waals surface area contributed by atoms with Gasteiger partial charge in [0, 0.05) is 22.8 Å². The number of carbonyl (C=O) groups is 1. The van der Waals surface area contributed by atoms with E-state index in [4.69, 9.17) is 0 Å². The van der Waals surface area contributed by atoms with Gasteiger partial charge in [0.15, 0.2) is 0 Å². The molecule has 3 fully saturated rings. The molecule has 3 aliphatic rings. The number of hydrogen-bond acceptors (Lipinski definition) is 2. The molecule has 2 bridgehead atoms. The second-order valence-corrected chi connectivity index (χ2v) is 7.91. The maximum Gasteiger partial charge on any atom is 0.136 e. The lowest BCUT2D eigenvalue weighted by Gasteiger charge is -2.38. The van der Waals surface area contributed by atoms with Crippen LogP contribution in [0.1, 0.15) is 64.2 Å². The van der Waals surface area contributed by atoms with E-state index in [1.165, 1.54) is 57.8 Å². The molecule has 17 heavy (non-hydrogen) atoms. The largest absolute Gasteiger partial charge is 0.299 e. The van der Waals surface area contributed by atoms with Crippen LogP contribution in [0, 0.1) is 11.8 Å². The first-order valence-corrected chi connectivity index (χ1v) is 8.43. The molecule has 2 atom stereocenters. The van der Waals surface area contributed by atoms with E-state index >= 15 is 0 Å². The van der Waals surface area contributed by atoms with Gasteiger partial charge in [-0.15, -0.1) is 0 Å². The van der Waals surface area contributed by atoms with E-state index in [9.17, 15) is 4.79 Å². The van der Waals surface area contributed by atoms with Crippen molar-refractivity contribution >= 4 is 17.5 Å². The highest BCUT2D eigenvalue weighted by molar-refractivity contribution is 8.00. The van der Waals surface area contributed by atoms with Gasteiger partial charge in [-0.3, -0.25) is 4.79 Å². The predicted octanol–water partition coefficient (Wildman–Crippen LogP) is 4.20. The number of thioether (sulfide) groups is 1. The van der Waals surface area contributed by atoms with Crippen molar-refractivity contribution in [2.75, 3.05) is 0 Å². The molecule has 2 saturated heterocycles. The Morgan fingerprint density at radius 1 is 0.941 bits per heavy atom. The zero-order valence-corrected chi connectivity index (χ0v) is 11.5. The summed E-state index contributed by atoms with van der Waals surface area (Å²) < 4.78 is 0. The molecule has 2 heteroatoms. The van der Waals surface area contributed by atoms with Crippen LogP contribution in [0.2, 0.25) is 0 Å². The van der Waals surface area contributed by atoms with Crippen molar-refractivity contribution in [1.29, 1.82) is 0 Å². The number of rotatable bonds is 3. The SMILES string of the molecule is O=C(CC1CCCC1)C1CC2CCCC(C1)S2. The van der Waals surface area contributed by atoms with Crippen LogP contribution in [0.4, 0.5) is 0 Å². The van der Waals surface area contributed by atoms with Crippen molar-refractivity contribution in [3.8, 4) is 0 Å². The number of carbonyl (C=O) groups excluding carboxylic acids is 1. The normalized spacial score (nSPS) is 38.2. The first kappa shape index (κ1) is 12.1. The Morgan fingerprint density at radius 2 is 1.59 bits per heavy atom. The standard InChI is InChI=1S/C15H24OS/c16-15(8-11-4-1-2-5-11)12-9-13-6-3-7-14(10-12)17-13/h11-14H,1-10H2. The molecule has 0 aromatic carbocycles. The van der Waals surface area contributed by atoms with E-state index in [1.54, 1.807) is 0 Å². The number of ketones is 1. The van der Waals surface area contributed by atoms with Crippen LogP contribution in [0.5, 0.6) is 0 Å². The average molecular weight is 252 g/mol.